The molecule has 0 atom stereocenters. The molecule has 0 spiro atoms. The van der Waals surface area contributed by atoms with Gasteiger partial charge in [0.1, 0.15) is 5.82 Å². The van der Waals surface area contributed by atoms with Crippen molar-refractivity contribution in [1.82, 2.24) is 9.97 Å². The standard InChI is InChI=1S/C21H23N3O3/c1-3-19-23-17-11-5-14(13-18(17)24-19)6-12-20(25)22-16-9-7-15(8-10-16)21(26)27-4-2/h5,7-11,13H,3-4,6,12H2,1-2H3,(H,22,25)(H,23,24). The first-order valence-electron chi connectivity index (χ1n) is 9.13. The Kier molecular flexibility index (Phi) is 5.86. The number of H-pyrrole nitrogens is 1. The summed E-state index contributed by atoms with van der Waals surface area (Å²) in [6, 6.07) is 12.7. The maximum absolute atomic E-state index is 12.2. The van der Waals surface area contributed by atoms with Crippen LogP contribution < -0.4 is 5.32 Å². The maximum Gasteiger partial charge on any atom is 0.338 e. The van der Waals surface area contributed by atoms with Gasteiger partial charge in [-0.3, -0.25) is 4.79 Å². The first kappa shape index (κ1) is 18.6. The molecule has 2 aromatic carbocycles. The molecule has 0 saturated carbocycles. The molecule has 0 bridgehead atoms. The zero-order valence-corrected chi connectivity index (χ0v) is 15.5. The zero-order valence-electron chi connectivity index (χ0n) is 15.5. The number of ether oxygens (including phenoxy) is 1. The lowest BCUT2D eigenvalue weighted by Crippen LogP contribution is -2.12. The summed E-state index contributed by atoms with van der Waals surface area (Å²) >= 11 is 0. The average molecular weight is 365 g/mol. The number of aryl methyl sites for hydroxylation is 2. The van der Waals surface area contributed by atoms with E-state index in [1.807, 2.05) is 18.2 Å². The van der Waals surface area contributed by atoms with Gasteiger partial charge in [-0.1, -0.05) is 13.0 Å². The molecule has 0 aliphatic carbocycles. The summed E-state index contributed by atoms with van der Waals surface area (Å²) in [5, 5.41) is 2.85. The minimum absolute atomic E-state index is 0.0714. The third kappa shape index (κ3) is 4.73. The molecule has 0 fully saturated rings. The van der Waals surface area contributed by atoms with Gasteiger partial charge >= 0.3 is 5.97 Å². The van der Waals surface area contributed by atoms with Crippen molar-refractivity contribution in [2.45, 2.75) is 33.1 Å². The van der Waals surface area contributed by atoms with Crippen LogP contribution in [0.15, 0.2) is 42.5 Å². The number of hydrogen-bond donors (Lipinski definition) is 2. The first-order valence-corrected chi connectivity index (χ1v) is 9.13. The molecule has 1 heterocycles. The van der Waals surface area contributed by atoms with E-state index < -0.39 is 0 Å². The Morgan fingerprint density at radius 2 is 1.89 bits per heavy atom. The van der Waals surface area contributed by atoms with Crippen molar-refractivity contribution >= 4 is 28.6 Å². The van der Waals surface area contributed by atoms with Crippen molar-refractivity contribution in [1.29, 1.82) is 0 Å². The molecule has 3 rings (SSSR count). The Bertz CT molecular complexity index is 945. The summed E-state index contributed by atoms with van der Waals surface area (Å²) in [4.78, 5) is 31.6. The predicted molar refractivity (Wildman–Crippen MR) is 105 cm³/mol. The van der Waals surface area contributed by atoms with E-state index in [9.17, 15) is 9.59 Å². The molecule has 6 heteroatoms. The number of carbonyl (C=O) groups excluding carboxylic acids is 2. The largest absolute Gasteiger partial charge is 0.462 e. The molecule has 0 radical (unpaired) electrons. The summed E-state index contributed by atoms with van der Waals surface area (Å²) in [5.41, 5.74) is 4.15. The summed E-state index contributed by atoms with van der Waals surface area (Å²) in [6.07, 6.45) is 1.88. The van der Waals surface area contributed by atoms with Crippen molar-refractivity contribution in [2.24, 2.45) is 0 Å². The molecule has 27 heavy (non-hydrogen) atoms. The van der Waals surface area contributed by atoms with Gasteiger partial charge in [-0.2, -0.15) is 0 Å². The van der Waals surface area contributed by atoms with Gasteiger partial charge in [0.15, 0.2) is 0 Å². The van der Waals surface area contributed by atoms with Gasteiger partial charge in [-0.15, -0.1) is 0 Å². The van der Waals surface area contributed by atoms with Gasteiger partial charge < -0.3 is 15.0 Å². The van der Waals surface area contributed by atoms with Crippen molar-refractivity contribution in [2.75, 3.05) is 11.9 Å². The van der Waals surface area contributed by atoms with E-state index >= 15 is 0 Å². The Morgan fingerprint density at radius 1 is 1.11 bits per heavy atom. The van der Waals surface area contributed by atoms with Crippen molar-refractivity contribution in [3.63, 3.8) is 0 Å². The number of nitrogens with zero attached hydrogens (tertiary/aromatic N) is 1. The average Bonchev–Trinajstić information content (AvgIpc) is 3.09. The van der Waals surface area contributed by atoms with Gasteiger partial charge in [0.25, 0.3) is 0 Å². The number of esters is 1. The highest BCUT2D eigenvalue weighted by atomic mass is 16.5. The van der Waals surface area contributed by atoms with Crippen LogP contribution >= 0.6 is 0 Å². The molecule has 0 aliphatic rings. The van der Waals surface area contributed by atoms with E-state index in [1.165, 1.54) is 0 Å². The minimum Gasteiger partial charge on any atom is -0.462 e. The third-order valence-corrected chi connectivity index (χ3v) is 4.25. The van der Waals surface area contributed by atoms with Crippen LogP contribution in [0.3, 0.4) is 0 Å². The molecule has 6 nitrogen and oxygen atoms in total. The number of nitrogens with one attached hydrogen (secondary N) is 2. The first-order chi connectivity index (χ1) is 13.1. The molecule has 1 aromatic heterocycles. The second-order valence-electron chi connectivity index (χ2n) is 6.23. The van der Waals surface area contributed by atoms with Crippen LogP contribution in [0.4, 0.5) is 5.69 Å². The van der Waals surface area contributed by atoms with E-state index in [1.54, 1.807) is 31.2 Å². The number of rotatable bonds is 7. The molecule has 0 aliphatic heterocycles. The highest BCUT2D eigenvalue weighted by Crippen LogP contribution is 2.16. The van der Waals surface area contributed by atoms with E-state index in [0.29, 0.717) is 30.7 Å². The minimum atomic E-state index is -0.365. The highest BCUT2D eigenvalue weighted by Gasteiger charge is 2.08. The Labute approximate surface area is 158 Å². The summed E-state index contributed by atoms with van der Waals surface area (Å²) in [5.74, 6) is 0.528. The summed E-state index contributed by atoms with van der Waals surface area (Å²) in [6.45, 7) is 4.16. The fourth-order valence-electron chi connectivity index (χ4n) is 2.82. The number of benzene rings is 2. The second kappa shape index (κ2) is 8.49. The van der Waals surface area contributed by atoms with E-state index in [-0.39, 0.29) is 11.9 Å². The van der Waals surface area contributed by atoms with Crippen LogP contribution in [0.2, 0.25) is 0 Å². The summed E-state index contributed by atoms with van der Waals surface area (Å²) in [7, 11) is 0. The van der Waals surface area contributed by atoms with Gasteiger partial charge in [0, 0.05) is 18.5 Å². The Balaban J connectivity index is 1.55. The number of anilines is 1. The van der Waals surface area contributed by atoms with Crippen LogP contribution in [-0.4, -0.2) is 28.5 Å². The number of fused-ring (bicyclic) bond motifs is 1. The molecular weight excluding hydrogens is 342 g/mol. The van der Waals surface area contributed by atoms with Gasteiger partial charge in [0.05, 0.1) is 23.2 Å². The van der Waals surface area contributed by atoms with Crippen LogP contribution in [-0.2, 0) is 22.4 Å². The lowest BCUT2D eigenvalue weighted by atomic mass is 10.1. The summed E-state index contributed by atoms with van der Waals surface area (Å²) < 4.78 is 4.94. The van der Waals surface area contributed by atoms with Crippen LogP contribution in [0.5, 0.6) is 0 Å². The van der Waals surface area contributed by atoms with Crippen molar-refractivity contribution in [3.8, 4) is 0 Å². The van der Waals surface area contributed by atoms with E-state index in [4.69, 9.17) is 4.74 Å². The topological polar surface area (TPSA) is 84.1 Å². The van der Waals surface area contributed by atoms with Crippen LogP contribution in [0.25, 0.3) is 11.0 Å². The number of aromatic nitrogens is 2. The number of imidazole rings is 1. The number of aromatic amines is 1. The molecule has 3 aromatic rings. The number of amides is 1. The zero-order chi connectivity index (χ0) is 19.2. The predicted octanol–water partition coefficient (Wildman–Crippen LogP) is 3.87. The third-order valence-electron chi connectivity index (χ3n) is 4.25. The quantitative estimate of drug-likeness (QED) is 0.623. The smallest absolute Gasteiger partial charge is 0.338 e. The molecule has 140 valence electrons. The number of carbonyl (C=O) groups is 2. The van der Waals surface area contributed by atoms with E-state index in [2.05, 4.69) is 22.2 Å². The monoisotopic (exact) mass is 365 g/mol. The fraction of sp³-hybridized carbons (Fsp3) is 0.286. The lowest BCUT2D eigenvalue weighted by molar-refractivity contribution is -0.116. The van der Waals surface area contributed by atoms with Crippen molar-refractivity contribution < 1.29 is 14.3 Å². The molecule has 0 unspecified atom stereocenters. The van der Waals surface area contributed by atoms with Gasteiger partial charge in [0.2, 0.25) is 5.91 Å². The van der Waals surface area contributed by atoms with Gasteiger partial charge in [-0.25, -0.2) is 9.78 Å². The molecule has 2 N–H and O–H groups in total. The number of hydrogen-bond acceptors (Lipinski definition) is 4. The fourth-order valence-corrected chi connectivity index (χ4v) is 2.82. The van der Waals surface area contributed by atoms with Crippen molar-refractivity contribution in [3.05, 3.63) is 59.4 Å². The van der Waals surface area contributed by atoms with Crippen LogP contribution in [0, 0.1) is 0 Å². The Hall–Kier alpha value is -3.15. The second-order valence-corrected chi connectivity index (χ2v) is 6.23. The SMILES string of the molecule is CCOC(=O)c1ccc(NC(=O)CCc2ccc3nc(CC)[nH]c3c2)cc1. The molecule has 1 amide bonds. The molecular formula is C21H23N3O3. The normalized spacial score (nSPS) is 10.7. The van der Waals surface area contributed by atoms with Crippen LogP contribution in [0.1, 0.15) is 42.0 Å². The lowest BCUT2D eigenvalue weighted by Gasteiger charge is -2.07. The van der Waals surface area contributed by atoms with Gasteiger partial charge in [-0.05, 0) is 55.3 Å². The molecule has 0 saturated heterocycles. The Morgan fingerprint density at radius 3 is 2.59 bits per heavy atom. The van der Waals surface area contributed by atoms with E-state index in [0.717, 1.165) is 28.8 Å². The maximum atomic E-state index is 12.2. The highest BCUT2D eigenvalue weighted by molar-refractivity contribution is 5.93.